The summed E-state index contributed by atoms with van der Waals surface area (Å²) >= 11 is 3.75. The normalized spacial score (nSPS) is 24.2. The summed E-state index contributed by atoms with van der Waals surface area (Å²) in [5, 5.41) is 0. The van der Waals surface area contributed by atoms with Crippen LogP contribution in [0.1, 0.15) is 37.5 Å². The van der Waals surface area contributed by atoms with Gasteiger partial charge in [-0.05, 0) is 34.6 Å². The van der Waals surface area contributed by atoms with Crippen molar-refractivity contribution in [2.24, 2.45) is 5.41 Å². The molecule has 98 valence electrons. The van der Waals surface area contributed by atoms with E-state index in [2.05, 4.69) is 85.2 Å². The molecule has 0 heterocycles. The van der Waals surface area contributed by atoms with Crippen molar-refractivity contribution in [3.05, 3.63) is 69.7 Å². The zero-order valence-corrected chi connectivity index (χ0v) is 13.3. The lowest BCUT2D eigenvalue weighted by molar-refractivity contribution is 0.247. The maximum absolute atomic E-state index is 3.75. The first-order valence-corrected chi connectivity index (χ1v) is 7.59. The van der Waals surface area contributed by atoms with Gasteiger partial charge in [-0.2, -0.15) is 0 Å². The van der Waals surface area contributed by atoms with Crippen molar-refractivity contribution in [3.8, 4) is 0 Å². The lowest BCUT2D eigenvalue weighted by Crippen LogP contribution is -2.37. The predicted molar refractivity (Wildman–Crippen MR) is 84.5 cm³/mol. The quantitative estimate of drug-likeness (QED) is 0.666. The second kappa shape index (κ2) is 4.21. The van der Waals surface area contributed by atoms with Crippen LogP contribution in [0, 0.1) is 5.41 Å². The standard InChI is InChI=1S/C18H19Br/c1-17(2)12-13-8-4-5-9-14(13)18(17,3)15-10-6-7-11-16(15)19/h4-11H,12H2,1-3H3. The SMILES string of the molecule is CC1(C)Cc2ccccc2C1(C)c1ccccc1Br. The van der Waals surface area contributed by atoms with Crippen molar-refractivity contribution in [2.75, 3.05) is 0 Å². The number of hydrogen-bond donors (Lipinski definition) is 0. The number of benzene rings is 2. The molecule has 0 amide bonds. The zero-order valence-electron chi connectivity index (χ0n) is 11.7. The first-order valence-electron chi connectivity index (χ1n) is 6.80. The molecule has 1 atom stereocenters. The summed E-state index contributed by atoms with van der Waals surface area (Å²) < 4.78 is 1.21. The molecule has 0 saturated heterocycles. The van der Waals surface area contributed by atoms with Gasteiger partial charge in [-0.3, -0.25) is 0 Å². The van der Waals surface area contributed by atoms with E-state index < -0.39 is 0 Å². The molecule has 0 bridgehead atoms. The molecule has 0 aliphatic heterocycles. The molecule has 0 N–H and O–H groups in total. The van der Waals surface area contributed by atoms with Crippen LogP contribution in [0.25, 0.3) is 0 Å². The van der Waals surface area contributed by atoms with Gasteiger partial charge in [-0.15, -0.1) is 0 Å². The summed E-state index contributed by atoms with van der Waals surface area (Å²) in [4.78, 5) is 0. The highest BCUT2D eigenvalue weighted by Gasteiger charge is 2.50. The molecule has 0 aromatic heterocycles. The van der Waals surface area contributed by atoms with Crippen LogP contribution in [0.2, 0.25) is 0 Å². The highest BCUT2D eigenvalue weighted by molar-refractivity contribution is 9.10. The third-order valence-corrected chi connectivity index (χ3v) is 5.65. The molecule has 0 fully saturated rings. The summed E-state index contributed by atoms with van der Waals surface area (Å²) in [6.45, 7) is 7.15. The topological polar surface area (TPSA) is 0 Å². The van der Waals surface area contributed by atoms with Gasteiger partial charge in [0.05, 0.1) is 0 Å². The molecule has 0 radical (unpaired) electrons. The maximum atomic E-state index is 3.75. The number of halogens is 1. The van der Waals surface area contributed by atoms with Gasteiger partial charge in [-0.25, -0.2) is 0 Å². The van der Waals surface area contributed by atoms with Gasteiger partial charge in [0.2, 0.25) is 0 Å². The summed E-state index contributed by atoms with van der Waals surface area (Å²) in [5.41, 5.74) is 4.65. The van der Waals surface area contributed by atoms with E-state index in [1.54, 1.807) is 0 Å². The van der Waals surface area contributed by atoms with Gasteiger partial charge in [0.25, 0.3) is 0 Å². The van der Waals surface area contributed by atoms with Crippen LogP contribution in [0.3, 0.4) is 0 Å². The van der Waals surface area contributed by atoms with E-state index in [9.17, 15) is 0 Å². The fourth-order valence-electron chi connectivity index (χ4n) is 3.56. The third kappa shape index (κ3) is 1.71. The van der Waals surface area contributed by atoms with Crippen molar-refractivity contribution in [3.63, 3.8) is 0 Å². The van der Waals surface area contributed by atoms with E-state index in [4.69, 9.17) is 0 Å². The fourth-order valence-corrected chi connectivity index (χ4v) is 4.24. The van der Waals surface area contributed by atoms with Gasteiger partial charge >= 0.3 is 0 Å². The second-order valence-electron chi connectivity index (χ2n) is 6.32. The first kappa shape index (κ1) is 12.9. The van der Waals surface area contributed by atoms with Crippen LogP contribution in [0.5, 0.6) is 0 Å². The Kier molecular flexibility index (Phi) is 2.86. The summed E-state index contributed by atoms with van der Waals surface area (Å²) in [6, 6.07) is 17.5. The minimum Gasteiger partial charge on any atom is -0.0620 e. The van der Waals surface area contributed by atoms with Crippen molar-refractivity contribution in [1.29, 1.82) is 0 Å². The molecule has 0 spiro atoms. The molecule has 1 heteroatoms. The van der Waals surface area contributed by atoms with Crippen molar-refractivity contribution < 1.29 is 0 Å². The van der Waals surface area contributed by atoms with E-state index in [1.165, 1.54) is 21.2 Å². The summed E-state index contributed by atoms with van der Waals surface area (Å²) in [7, 11) is 0. The Morgan fingerprint density at radius 2 is 1.42 bits per heavy atom. The number of fused-ring (bicyclic) bond motifs is 1. The Bertz CT molecular complexity index is 627. The van der Waals surface area contributed by atoms with E-state index in [0.717, 1.165) is 6.42 Å². The van der Waals surface area contributed by atoms with Crippen LogP contribution in [0.4, 0.5) is 0 Å². The van der Waals surface area contributed by atoms with Gasteiger partial charge < -0.3 is 0 Å². The molecule has 0 nitrogen and oxygen atoms in total. The smallest absolute Gasteiger partial charge is 0.0242 e. The van der Waals surface area contributed by atoms with Gasteiger partial charge in [0.1, 0.15) is 0 Å². The molecule has 1 aliphatic rings. The minimum absolute atomic E-state index is 0.0592. The van der Waals surface area contributed by atoms with Gasteiger partial charge in [0, 0.05) is 9.89 Å². The van der Waals surface area contributed by atoms with Crippen molar-refractivity contribution in [2.45, 2.75) is 32.6 Å². The Labute approximate surface area is 124 Å². The van der Waals surface area contributed by atoms with Crippen LogP contribution < -0.4 is 0 Å². The van der Waals surface area contributed by atoms with Crippen LogP contribution >= 0.6 is 15.9 Å². The van der Waals surface area contributed by atoms with Crippen molar-refractivity contribution >= 4 is 15.9 Å². The lowest BCUT2D eigenvalue weighted by Gasteiger charge is -2.40. The van der Waals surface area contributed by atoms with Gasteiger partial charge in [-0.1, -0.05) is 79.2 Å². The molecule has 19 heavy (non-hydrogen) atoms. The summed E-state index contributed by atoms with van der Waals surface area (Å²) in [6.07, 6.45) is 1.14. The lowest BCUT2D eigenvalue weighted by atomic mass is 9.63. The van der Waals surface area contributed by atoms with Gasteiger partial charge in [0.15, 0.2) is 0 Å². The Morgan fingerprint density at radius 3 is 2.11 bits per heavy atom. The number of hydrogen-bond acceptors (Lipinski definition) is 0. The molecular weight excluding hydrogens is 296 g/mol. The molecule has 3 rings (SSSR count). The van der Waals surface area contributed by atoms with E-state index >= 15 is 0 Å². The van der Waals surface area contributed by atoms with Crippen LogP contribution in [-0.4, -0.2) is 0 Å². The Hall–Kier alpha value is -1.08. The maximum Gasteiger partial charge on any atom is 0.0242 e. The average molecular weight is 315 g/mol. The highest BCUT2D eigenvalue weighted by Crippen LogP contribution is 2.56. The highest BCUT2D eigenvalue weighted by atomic mass is 79.9. The van der Waals surface area contributed by atoms with Crippen LogP contribution in [0.15, 0.2) is 53.0 Å². The molecule has 1 unspecified atom stereocenters. The van der Waals surface area contributed by atoms with Crippen LogP contribution in [-0.2, 0) is 11.8 Å². The van der Waals surface area contributed by atoms with E-state index in [0.29, 0.717) is 0 Å². The predicted octanol–water partition coefficient (Wildman–Crippen LogP) is 5.34. The average Bonchev–Trinajstić information content (AvgIpc) is 2.58. The Morgan fingerprint density at radius 1 is 0.842 bits per heavy atom. The van der Waals surface area contributed by atoms with E-state index in [-0.39, 0.29) is 10.8 Å². The third-order valence-electron chi connectivity index (χ3n) is 4.95. The zero-order chi connectivity index (χ0) is 13.7. The summed E-state index contributed by atoms with van der Waals surface area (Å²) in [5.74, 6) is 0. The van der Waals surface area contributed by atoms with Crippen molar-refractivity contribution in [1.82, 2.24) is 0 Å². The molecule has 2 aromatic carbocycles. The molecule has 2 aromatic rings. The molecular formula is C18H19Br. The van der Waals surface area contributed by atoms with E-state index in [1.807, 2.05) is 0 Å². The minimum atomic E-state index is 0.0592. The molecule has 0 saturated carbocycles. The molecule has 1 aliphatic carbocycles. The fraction of sp³-hybridized carbons (Fsp3) is 0.333. The second-order valence-corrected chi connectivity index (χ2v) is 7.18. The number of rotatable bonds is 1. The monoisotopic (exact) mass is 314 g/mol. The Balaban J connectivity index is 2.30. The largest absolute Gasteiger partial charge is 0.0620 e. The first-order chi connectivity index (χ1) is 8.97.